The number of fused-ring (bicyclic) bond motifs is 3. The van der Waals surface area contributed by atoms with Crippen LogP contribution < -0.4 is 0 Å². The Morgan fingerprint density at radius 2 is 2.22 bits per heavy atom. The van der Waals surface area contributed by atoms with Crippen molar-refractivity contribution in [2.75, 3.05) is 0 Å². The van der Waals surface area contributed by atoms with Gasteiger partial charge in [-0.05, 0) is 49.9 Å². The Bertz CT molecular complexity index is 627. The van der Waals surface area contributed by atoms with Crippen LogP contribution in [-0.4, -0.2) is 10.4 Å². The SMILES string of the molecule is CC(=O)CCn1c2c(c3cc(Br)ccc31)CCC2. The highest BCUT2D eigenvalue weighted by molar-refractivity contribution is 9.10. The molecule has 0 radical (unpaired) electrons. The van der Waals surface area contributed by atoms with Gasteiger partial charge in [0.2, 0.25) is 0 Å². The van der Waals surface area contributed by atoms with E-state index in [0.29, 0.717) is 6.42 Å². The third-order valence-corrected chi connectivity index (χ3v) is 4.27. The number of nitrogens with zero attached hydrogens (tertiary/aromatic N) is 1. The third-order valence-electron chi connectivity index (χ3n) is 3.78. The van der Waals surface area contributed by atoms with Crippen molar-refractivity contribution in [3.63, 3.8) is 0 Å². The van der Waals surface area contributed by atoms with Crippen LogP contribution in [0, 0.1) is 0 Å². The Hall–Kier alpha value is -1.09. The van der Waals surface area contributed by atoms with E-state index >= 15 is 0 Å². The van der Waals surface area contributed by atoms with Gasteiger partial charge in [0, 0.05) is 34.0 Å². The topological polar surface area (TPSA) is 22.0 Å². The van der Waals surface area contributed by atoms with Gasteiger partial charge < -0.3 is 4.57 Å². The van der Waals surface area contributed by atoms with E-state index in [4.69, 9.17) is 0 Å². The van der Waals surface area contributed by atoms with Crippen LogP contribution in [0.15, 0.2) is 22.7 Å². The summed E-state index contributed by atoms with van der Waals surface area (Å²) in [7, 11) is 0. The van der Waals surface area contributed by atoms with E-state index in [1.54, 1.807) is 6.92 Å². The van der Waals surface area contributed by atoms with E-state index < -0.39 is 0 Å². The second-order valence-electron chi connectivity index (χ2n) is 5.04. The minimum Gasteiger partial charge on any atom is -0.344 e. The minimum absolute atomic E-state index is 0.265. The van der Waals surface area contributed by atoms with Crippen LogP contribution in [0.2, 0.25) is 0 Å². The molecule has 0 N–H and O–H groups in total. The van der Waals surface area contributed by atoms with Crippen molar-refractivity contribution < 1.29 is 4.79 Å². The highest BCUT2D eigenvalue weighted by Gasteiger charge is 2.21. The van der Waals surface area contributed by atoms with Crippen molar-refractivity contribution in [2.45, 2.75) is 39.2 Å². The molecule has 0 spiro atoms. The molecule has 0 saturated heterocycles. The normalized spacial score (nSPS) is 14.1. The molecule has 0 unspecified atom stereocenters. The lowest BCUT2D eigenvalue weighted by Crippen LogP contribution is -2.05. The molecule has 1 heterocycles. The lowest BCUT2D eigenvalue weighted by molar-refractivity contribution is -0.117. The fraction of sp³-hybridized carbons (Fsp3) is 0.400. The molecule has 1 aliphatic carbocycles. The zero-order chi connectivity index (χ0) is 12.7. The maximum atomic E-state index is 11.2. The second kappa shape index (κ2) is 4.54. The number of hydrogen-bond donors (Lipinski definition) is 0. The number of halogens is 1. The molecule has 0 amide bonds. The van der Waals surface area contributed by atoms with Crippen LogP contribution in [0.3, 0.4) is 0 Å². The van der Waals surface area contributed by atoms with Crippen molar-refractivity contribution in [1.29, 1.82) is 0 Å². The van der Waals surface area contributed by atoms with Crippen molar-refractivity contribution in [1.82, 2.24) is 4.57 Å². The number of ketones is 1. The first kappa shape index (κ1) is 12.0. The molecule has 0 saturated carbocycles. The third kappa shape index (κ3) is 1.91. The molecule has 2 aromatic rings. The van der Waals surface area contributed by atoms with Gasteiger partial charge in [0.05, 0.1) is 0 Å². The molecule has 0 atom stereocenters. The van der Waals surface area contributed by atoms with Crippen molar-refractivity contribution in [2.24, 2.45) is 0 Å². The molecule has 0 fully saturated rings. The summed E-state index contributed by atoms with van der Waals surface area (Å²) in [6.45, 7) is 2.49. The number of benzene rings is 1. The maximum Gasteiger partial charge on any atom is 0.131 e. The Labute approximate surface area is 115 Å². The van der Waals surface area contributed by atoms with E-state index in [1.165, 1.54) is 35.0 Å². The van der Waals surface area contributed by atoms with E-state index in [0.717, 1.165) is 17.4 Å². The van der Waals surface area contributed by atoms with Gasteiger partial charge in [-0.25, -0.2) is 0 Å². The Morgan fingerprint density at radius 1 is 1.39 bits per heavy atom. The van der Waals surface area contributed by atoms with Crippen LogP contribution in [0.1, 0.15) is 31.0 Å². The van der Waals surface area contributed by atoms with E-state index in [-0.39, 0.29) is 5.78 Å². The van der Waals surface area contributed by atoms with Crippen LogP contribution >= 0.6 is 15.9 Å². The number of carbonyl (C=O) groups excluding carboxylic acids is 1. The average molecular weight is 306 g/mol. The number of carbonyl (C=O) groups is 1. The van der Waals surface area contributed by atoms with Crippen LogP contribution in [-0.2, 0) is 24.2 Å². The monoisotopic (exact) mass is 305 g/mol. The van der Waals surface area contributed by atoms with Gasteiger partial charge in [-0.1, -0.05) is 15.9 Å². The van der Waals surface area contributed by atoms with Crippen LogP contribution in [0.25, 0.3) is 10.9 Å². The second-order valence-corrected chi connectivity index (χ2v) is 5.96. The molecule has 1 aromatic heterocycles. The molecule has 94 valence electrons. The summed E-state index contributed by atoms with van der Waals surface area (Å²) in [4.78, 5) is 11.2. The zero-order valence-electron chi connectivity index (χ0n) is 10.5. The van der Waals surface area contributed by atoms with Gasteiger partial charge in [-0.2, -0.15) is 0 Å². The number of aryl methyl sites for hydroxylation is 2. The molecular formula is C15H16BrNO. The fourth-order valence-corrected chi connectivity index (χ4v) is 3.33. The van der Waals surface area contributed by atoms with Gasteiger partial charge in [-0.3, -0.25) is 4.79 Å². The lowest BCUT2D eigenvalue weighted by Gasteiger charge is -2.08. The number of aromatic nitrogens is 1. The Morgan fingerprint density at radius 3 is 3.00 bits per heavy atom. The fourth-order valence-electron chi connectivity index (χ4n) is 2.97. The summed E-state index contributed by atoms with van der Waals surface area (Å²) in [6, 6.07) is 6.46. The maximum absolute atomic E-state index is 11.2. The Kier molecular flexibility index (Phi) is 3.02. The highest BCUT2D eigenvalue weighted by atomic mass is 79.9. The number of hydrogen-bond acceptors (Lipinski definition) is 1. The predicted octanol–water partition coefficient (Wildman–Crippen LogP) is 3.87. The van der Waals surface area contributed by atoms with E-state index in [1.807, 2.05) is 0 Å². The van der Waals surface area contributed by atoms with Gasteiger partial charge in [0.1, 0.15) is 5.78 Å². The van der Waals surface area contributed by atoms with Crippen molar-refractivity contribution in [3.05, 3.63) is 33.9 Å². The summed E-state index contributed by atoms with van der Waals surface area (Å²) in [5.74, 6) is 0.265. The molecule has 1 aromatic carbocycles. The van der Waals surface area contributed by atoms with Crippen LogP contribution in [0.5, 0.6) is 0 Å². The van der Waals surface area contributed by atoms with Gasteiger partial charge >= 0.3 is 0 Å². The standard InChI is InChI=1S/C15H16BrNO/c1-10(18)7-8-17-14-4-2-3-12(14)13-9-11(16)5-6-15(13)17/h5-6,9H,2-4,7-8H2,1H3. The van der Waals surface area contributed by atoms with E-state index in [9.17, 15) is 4.79 Å². The molecular weight excluding hydrogens is 290 g/mol. The number of Topliss-reactive ketones (excluding diaryl/α,β-unsaturated/α-hetero) is 1. The minimum atomic E-state index is 0.265. The first-order valence-electron chi connectivity index (χ1n) is 6.46. The summed E-state index contributed by atoms with van der Waals surface area (Å²) in [5, 5.41) is 1.36. The number of rotatable bonds is 3. The lowest BCUT2D eigenvalue weighted by atomic mass is 10.1. The van der Waals surface area contributed by atoms with Crippen molar-refractivity contribution >= 4 is 32.6 Å². The summed E-state index contributed by atoms with van der Waals surface area (Å²) < 4.78 is 3.49. The first-order chi connectivity index (χ1) is 8.66. The first-order valence-corrected chi connectivity index (χ1v) is 7.25. The van der Waals surface area contributed by atoms with Gasteiger partial charge in [0.15, 0.2) is 0 Å². The largest absolute Gasteiger partial charge is 0.344 e. The molecule has 18 heavy (non-hydrogen) atoms. The van der Waals surface area contributed by atoms with Gasteiger partial charge in [-0.15, -0.1) is 0 Å². The molecule has 0 aliphatic heterocycles. The smallest absolute Gasteiger partial charge is 0.131 e. The molecule has 3 rings (SSSR count). The zero-order valence-corrected chi connectivity index (χ0v) is 12.1. The summed E-state index contributed by atoms with van der Waals surface area (Å²) in [5.41, 5.74) is 4.23. The molecule has 1 aliphatic rings. The Balaban J connectivity index is 2.14. The summed E-state index contributed by atoms with van der Waals surface area (Å²) in [6.07, 6.45) is 4.20. The van der Waals surface area contributed by atoms with Crippen LogP contribution in [0.4, 0.5) is 0 Å². The van der Waals surface area contributed by atoms with Crippen molar-refractivity contribution in [3.8, 4) is 0 Å². The molecule has 0 bridgehead atoms. The average Bonchev–Trinajstić information content (AvgIpc) is 2.87. The molecule has 3 heteroatoms. The predicted molar refractivity (Wildman–Crippen MR) is 77.0 cm³/mol. The van der Waals surface area contributed by atoms with Gasteiger partial charge in [0.25, 0.3) is 0 Å². The van der Waals surface area contributed by atoms with E-state index in [2.05, 4.69) is 38.7 Å². The summed E-state index contributed by atoms with van der Waals surface area (Å²) >= 11 is 3.55. The quantitative estimate of drug-likeness (QED) is 0.843. The molecule has 2 nitrogen and oxygen atoms in total. The highest BCUT2D eigenvalue weighted by Crippen LogP contribution is 2.34.